The maximum absolute atomic E-state index is 13.7. The van der Waals surface area contributed by atoms with Crippen LogP contribution in [0.3, 0.4) is 0 Å². The van der Waals surface area contributed by atoms with Crippen LogP contribution >= 0.6 is 11.6 Å². The van der Waals surface area contributed by atoms with Gasteiger partial charge in [-0.1, -0.05) is 17.7 Å². The summed E-state index contributed by atoms with van der Waals surface area (Å²) in [6.45, 7) is 6.78. The molecule has 9 nitrogen and oxygen atoms in total. The Kier molecular flexibility index (Phi) is 6.59. The van der Waals surface area contributed by atoms with E-state index in [0.29, 0.717) is 35.7 Å². The van der Waals surface area contributed by atoms with Crippen molar-refractivity contribution in [3.05, 3.63) is 50.7 Å². The van der Waals surface area contributed by atoms with Crippen LogP contribution in [0.4, 0.5) is 10.2 Å². The molecule has 4 rings (SSSR count). The number of aromatic nitrogens is 3. The molecule has 11 heteroatoms. The second-order valence-electron chi connectivity index (χ2n) is 8.76. The average Bonchev–Trinajstić information content (AvgIpc) is 3.18. The number of nitrogens with zero attached hydrogens (tertiary/aromatic N) is 6. The number of halogens is 2. The molecule has 1 amide bonds. The first-order valence-electron chi connectivity index (χ1n) is 11.3. The van der Waals surface area contributed by atoms with Crippen LogP contribution in [-0.4, -0.2) is 70.2 Å². The number of carbonyl (C=O) groups excluding carboxylic acids is 1. The van der Waals surface area contributed by atoms with Gasteiger partial charge in [0.05, 0.1) is 18.7 Å². The normalized spacial score (nSPS) is 16.1. The van der Waals surface area contributed by atoms with E-state index < -0.39 is 11.4 Å². The lowest BCUT2D eigenvalue weighted by molar-refractivity contribution is 0.0686. The van der Waals surface area contributed by atoms with E-state index in [4.69, 9.17) is 21.3 Å². The Morgan fingerprint density at radius 1 is 1.34 bits per heavy atom. The van der Waals surface area contributed by atoms with Crippen molar-refractivity contribution in [2.45, 2.75) is 33.4 Å². The molecule has 0 saturated heterocycles. The van der Waals surface area contributed by atoms with Crippen LogP contribution in [0.15, 0.2) is 28.0 Å². The minimum absolute atomic E-state index is 0.0343. The number of likely N-dealkylation sites (N-methyl/N-ethyl adjacent to an activating group) is 1. The van der Waals surface area contributed by atoms with Gasteiger partial charge in [0.15, 0.2) is 17.3 Å². The highest BCUT2D eigenvalue weighted by atomic mass is 35.5. The number of rotatable bonds is 5. The molecule has 2 aromatic heterocycles. The third-order valence-corrected chi connectivity index (χ3v) is 6.56. The van der Waals surface area contributed by atoms with Crippen LogP contribution < -0.4 is 10.3 Å². The molecule has 1 aliphatic rings. The summed E-state index contributed by atoms with van der Waals surface area (Å²) in [7, 11) is 5.15. The molecule has 0 spiro atoms. The van der Waals surface area contributed by atoms with E-state index in [2.05, 4.69) is 5.10 Å². The monoisotopic (exact) mass is 502 g/mol. The fourth-order valence-electron chi connectivity index (χ4n) is 4.31. The van der Waals surface area contributed by atoms with E-state index in [1.165, 1.54) is 23.9 Å². The molecule has 186 valence electrons. The molecule has 0 bridgehead atoms. The molecule has 3 heterocycles. The van der Waals surface area contributed by atoms with Crippen LogP contribution in [0, 0.1) is 5.82 Å². The second kappa shape index (κ2) is 9.33. The molecule has 0 fully saturated rings. The predicted molar refractivity (Wildman–Crippen MR) is 134 cm³/mol. The predicted octanol–water partition coefficient (Wildman–Crippen LogP) is 3.70. The van der Waals surface area contributed by atoms with Gasteiger partial charge in [-0.05, 0) is 38.5 Å². The van der Waals surface area contributed by atoms with E-state index in [1.54, 1.807) is 11.0 Å². The van der Waals surface area contributed by atoms with Gasteiger partial charge >= 0.3 is 0 Å². The summed E-state index contributed by atoms with van der Waals surface area (Å²) in [5.74, 6) is 0.385. The topological polar surface area (TPSA) is 85.0 Å². The van der Waals surface area contributed by atoms with Gasteiger partial charge in [-0.15, -0.1) is 5.10 Å². The van der Waals surface area contributed by atoms with E-state index >= 15 is 0 Å². The van der Waals surface area contributed by atoms with Gasteiger partial charge < -0.3 is 19.1 Å². The number of carbonyl (C=O) groups is 1. The Hall–Kier alpha value is -3.40. The first-order valence-corrected chi connectivity index (χ1v) is 11.7. The SMILES string of the molecule is CCN1C[C@H](C)n2c(c(OC)c3c(=O)n(Cc4ccc(F)c(Cl)c4)nc(/N=C(\C)N(C)C)c32)C1=O. The second-order valence-corrected chi connectivity index (χ2v) is 9.16. The highest BCUT2D eigenvalue weighted by molar-refractivity contribution is 6.30. The van der Waals surface area contributed by atoms with Gasteiger partial charge in [-0.25, -0.2) is 14.1 Å². The van der Waals surface area contributed by atoms with Crippen LogP contribution in [0.2, 0.25) is 5.02 Å². The van der Waals surface area contributed by atoms with Crippen molar-refractivity contribution in [3.8, 4) is 5.75 Å². The number of aliphatic imine (C=N–C) groups is 1. The summed E-state index contributed by atoms with van der Waals surface area (Å²) >= 11 is 5.95. The van der Waals surface area contributed by atoms with Crippen molar-refractivity contribution in [2.75, 3.05) is 34.3 Å². The quantitative estimate of drug-likeness (QED) is 0.392. The minimum Gasteiger partial charge on any atom is -0.493 e. The number of hydrogen-bond donors (Lipinski definition) is 0. The minimum atomic E-state index is -0.548. The van der Waals surface area contributed by atoms with E-state index in [1.807, 2.05) is 44.3 Å². The Morgan fingerprint density at radius 2 is 2.06 bits per heavy atom. The molecular weight excluding hydrogens is 475 g/mol. The Bertz CT molecular complexity index is 1410. The molecule has 0 aliphatic carbocycles. The maximum atomic E-state index is 13.7. The molecular formula is C24H28ClFN6O3. The number of fused-ring (bicyclic) bond motifs is 3. The molecule has 0 unspecified atom stereocenters. The summed E-state index contributed by atoms with van der Waals surface area (Å²) in [6.07, 6.45) is 0. The average molecular weight is 503 g/mol. The lowest BCUT2D eigenvalue weighted by atomic mass is 10.2. The summed E-state index contributed by atoms with van der Waals surface area (Å²) in [4.78, 5) is 35.3. The van der Waals surface area contributed by atoms with Gasteiger partial charge in [-0.3, -0.25) is 9.59 Å². The molecule has 35 heavy (non-hydrogen) atoms. The Morgan fingerprint density at radius 3 is 2.66 bits per heavy atom. The zero-order valence-corrected chi connectivity index (χ0v) is 21.4. The third kappa shape index (κ3) is 4.16. The third-order valence-electron chi connectivity index (χ3n) is 6.27. The van der Waals surface area contributed by atoms with E-state index in [9.17, 15) is 14.0 Å². The smallest absolute Gasteiger partial charge is 0.280 e. The number of ether oxygens (including phenoxy) is 1. The first-order chi connectivity index (χ1) is 16.6. The van der Waals surface area contributed by atoms with Crippen LogP contribution in [0.25, 0.3) is 10.9 Å². The molecule has 0 radical (unpaired) electrons. The van der Waals surface area contributed by atoms with Crippen molar-refractivity contribution >= 4 is 40.1 Å². The standard InChI is InChI=1S/C24H28ClFN6O3/c1-7-30-11-13(2)32-19-18(21(35-6)20(32)24(30)34)23(33)31(28-22(19)27-14(3)29(4)5)12-15-8-9-17(26)16(25)10-15/h8-10,13H,7,11-12H2,1-6H3/b27-14+/t13-/m0/s1. The highest BCUT2D eigenvalue weighted by Gasteiger charge is 2.37. The molecule has 1 atom stereocenters. The zero-order chi connectivity index (χ0) is 25.6. The van der Waals surface area contributed by atoms with E-state index in [0.717, 1.165) is 0 Å². The maximum Gasteiger partial charge on any atom is 0.280 e. The lowest BCUT2D eigenvalue weighted by Gasteiger charge is -2.32. The summed E-state index contributed by atoms with van der Waals surface area (Å²) in [6, 6.07) is 4.11. The molecule has 3 aromatic rings. The Labute approximate surface area is 207 Å². The van der Waals surface area contributed by atoms with Gasteiger partial charge in [0.25, 0.3) is 11.5 Å². The van der Waals surface area contributed by atoms with Crippen molar-refractivity contribution in [1.29, 1.82) is 0 Å². The Balaban J connectivity index is 2.07. The number of amidine groups is 1. The molecule has 0 N–H and O–H groups in total. The van der Waals surface area contributed by atoms with Crippen molar-refractivity contribution in [3.63, 3.8) is 0 Å². The first kappa shape index (κ1) is 24.7. The number of benzene rings is 1. The summed E-state index contributed by atoms with van der Waals surface area (Å²) < 4.78 is 22.4. The largest absolute Gasteiger partial charge is 0.493 e. The van der Waals surface area contributed by atoms with Gasteiger partial charge in [0.2, 0.25) is 0 Å². The van der Waals surface area contributed by atoms with Gasteiger partial charge in [0.1, 0.15) is 22.6 Å². The number of amides is 1. The van der Waals surface area contributed by atoms with Crippen molar-refractivity contribution in [2.24, 2.45) is 4.99 Å². The van der Waals surface area contributed by atoms with Crippen molar-refractivity contribution in [1.82, 2.24) is 24.1 Å². The van der Waals surface area contributed by atoms with Crippen molar-refractivity contribution < 1.29 is 13.9 Å². The summed E-state index contributed by atoms with van der Waals surface area (Å²) in [5.41, 5.74) is 0.912. The lowest BCUT2D eigenvalue weighted by Crippen LogP contribution is -2.41. The summed E-state index contributed by atoms with van der Waals surface area (Å²) in [5, 5.41) is 4.76. The molecule has 1 aromatic carbocycles. The van der Waals surface area contributed by atoms with Crippen LogP contribution in [0.5, 0.6) is 5.75 Å². The van der Waals surface area contributed by atoms with Crippen LogP contribution in [0.1, 0.15) is 42.9 Å². The molecule has 0 saturated carbocycles. The fraction of sp³-hybridized carbons (Fsp3) is 0.417. The van der Waals surface area contributed by atoms with E-state index in [-0.39, 0.29) is 40.5 Å². The number of methoxy groups -OCH3 is 1. The molecule has 1 aliphatic heterocycles. The van der Waals surface area contributed by atoms with Crippen LogP contribution in [-0.2, 0) is 6.54 Å². The highest BCUT2D eigenvalue weighted by Crippen LogP contribution is 2.40. The number of hydrogen-bond acceptors (Lipinski definition) is 5. The van der Waals surface area contributed by atoms with Gasteiger partial charge in [0, 0.05) is 33.2 Å². The fourth-order valence-corrected chi connectivity index (χ4v) is 4.52. The zero-order valence-electron chi connectivity index (χ0n) is 20.6. The van der Waals surface area contributed by atoms with Gasteiger partial charge in [-0.2, -0.15) is 0 Å².